The first-order valence-electron chi connectivity index (χ1n) is 9.04. The van der Waals surface area contributed by atoms with Crippen molar-refractivity contribution in [3.8, 4) is 0 Å². The molecule has 0 aliphatic carbocycles. The molecule has 0 aliphatic rings. The lowest BCUT2D eigenvalue weighted by Crippen LogP contribution is -2.54. The van der Waals surface area contributed by atoms with Crippen molar-refractivity contribution in [3.63, 3.8) is 0 Å². The Morgan fingerprint density at radius 3 is 2.14 bits per heavy atom. The summed E-state index contributed by atoms with van der Waals surface area (Å²) in [4.78, 5) is 37.8. The summed E-state index contributed by atoms with van der Waals surface area (Å²) in [5, 5.41) is 2.62. The van der Waals surface area contributed by atoms with Crippen LogP contribution in [0.15, 0.2) is 59.4 Å². The molecule has 7 heteroatoms. The Kier molecular flexibility index (Phi) is 5.09. The molecule has 0 saturated heterocycles. The summed E-state index contributed by atoms with van der Waals surface area (Å²) in [6, 6.07) is 15.0. The number of carbonyl (C=O) groups is 2. The third-order valence-corrected chi connectivity index (χ3v) is 4.64. The molecule has 0 aliphatic heterocycles. The zero-order valence-electron chi connectivity index (χ0n) is 16.2. The highest BCUT2D eigenvalue weighted by Crippen LogP contribution is 2.20. The summed E-state index contributed by atoms with van der Waals surface area (Å²) in [5.41, 5.74) is 6.45. The van der Waals surface area contributed by atoms with Gasteiger partial charge in [-0.05, 0) is 23.1 Å². The Balaban J connectivity index is 2.07. The number of nitrogens with two attached hydrogens (primary N) is 1. The van der Waals surface area contributed by atoms with Gasteiger partial charge in [0.05, 0.1) is 17.6 Å². The first-order valence-corrected chi connectivity index (χ1v) is 9.04. The van der Waals surface area contributed by atoms with Gasteiger partial charge in [0.2, 0.25) is 5.91 Å². The molecule has 7 nitrogen and oxygen atoms in total. The maximum absolute atomic E-state index is 13.1. The fourth-order valence-corrected chi connectivity index (χ4v) is 3.23. The van der Waals surface area contributed by atoms with E-state index in [1.54, 1.807) is 43.5 Å². The third kappa shape index (κ3) is 3.69. The Hall–Kier alpha value is -3.35. The van der Waals surface area contributed by atoms with Gasteiger partial charge in [0.1, 0.15) is 6.04 Å². The van der Waals surface area contributed by atoms with E-state index in [1.807, 2.05) is 36.4 Å². The van der Waals surface area contributed by atoms with Gasteiger partial charge in [-0.3, -0.25) is 9.36 Å². The fourth-order valence-electron chi connectivity index (χ4n) is 3.23. The minimum absolute atomic E-state index is 0.332. The summed E-state index contributed by atoms with van der Waals surface area (Å²) in [5.74, 6) is -0.651. The van der Waals surface area contributed by atoms with Crippen LogP contribution in [0.1, 0.15) is 26.3 Å². The van der Waals surface area contributed by atoms with Crippen LogP contribution in [0.3, 0.4) is 0 Å². The van der Waals surface area contributed by atoms with Gasteiger partial charge in [-0.25, -0.2) is 14.2 Å². The van der Waals surface area contributed by atoms with Gasteiger partial charge < -0.3 is 11.1 Å². The van der Waals surface area contributed by atoms with Crippen molar-refractivity contribution >= 4 is 23.0 Å². The molecule has 2 amide bonds. The van der Waals surface area contributed by atoms with E-state index in [2.05, 4.69) is 5.32 Å². The maximum atomic E-state index is 13.1. The molecule has 1 aromatic heterocycles. The number of aromatic nitrogens is 2. The Morgan fingerprint density at radius 2 is 1.57 bits per heavy atom. The van der Waals surface area contributed by atoms with Gasteiger partial charge in [-0.2, -0.15) is 0 Å². The van der Waals surface area contributed by atoms with Crippen LogP contribution in [0.4, 0.5) is 4.79 Å². The molecule has 146 valence electrons. The van der Waals surface area contributed by atoms with Gasteiger partial charge >= 0.3 is 11.7 Å². The first-order chi connectivity index (χ1) is 13.2. The van der Waals surface area contributed by atoms with Gasteiger partial charge in [0.15, 0.2) is 0 Å². The quantitative estimate of drug-likeness (QED) is 0.726. The molecule has 3 rings (SSSR count). The predicted molar refractivity (Wildman–Crippen MR) is 108 cm³/mol. The summed E-state index contributed by atoms with van der Waals surface area (Å²) in [7, 11) is 0. The highest BCUT2D eigenvalue weighted by molar-refractivity contribution is 5.92. The van der Waals surface area contributed by atoms with E-state index in [1.165, 1.54) is 0 Å². The normalized spacial score (nSPS) is 12.7. The summed E-state index contributed by atoms with van der Waals surface area (Å²) in [6.07, 6.45) is 0. The Labute approximate surface area is 162 Å². The highest BCUT2D eigenvalue weighted by atomic mass is 16.2. The number of rotatable bonds is 4. The number of hydrogen-bond acceptors (Lipinski definition) is 3. The summed E-state index contributed by atoms with van der Waals surface area (Å²) in [6.45, 7) is 5.72. The van der Waals surface area contributed by atoms with Crippen LogP contribution < -0.4 is 16.7 Å². The monoisotopic (exact) mass is 380 g/mol. The molecule has 0 radical (unpaired) electrons. The van der Waals surface area contributed by atoms with Crippen LogP contribution in [0.25, 0.3) is 11.0 Å². The smallest absolute Gasteiger partial charge is 0.337 e. The number of amides is 2. The number of nitrogens with zero attached hydrogens (tertiary/aromatic N) is 2. The van der Waals surface area contributed by atoms with Crippen LogP contribution >= 0.6 is 0 Å². The largest absolute Gasteiger partial charge is 0.368 e. The van der Waals surface area contributed by atoms with Crippen molar-refractivity contribution in [1.29, 1.82) is 0 Å². The second-order valence-electron chi connectivity index (χ2n) is 7.83. The van der Waals surface area contributed by atoms with Crippen LogP contribution in [0, 0.1) is 5.41 Å². The van der Waals surface area contributed by atoms with Gasteiger partial charge in [0.25, 0.3) is 0 Å². The Morgan fingerprint density at radius 1 is 1.00 bits per heavy atom. The summed E-state index contributed by atoms with van der Waals surface area (Å²) < 4.78 is 2.60. The van der Waals surface area contributed by atoms with Crippen LogP contribution in [-0.2, 0) is 11.3 Å². The molecule has 3 aromatic rings. The van der Waals surface area contributed by atoms with Crippen molar-refractivity contribution in [3.05, 3.63) is 70.6 Å². The number of primary amides is 1. The number of fused-ring (bicyclic) bond motifs is 1. The average Bonchev–Trinajstić information content (AvgIpc) is 2.91. The lowest BCUT2D eigenvalue weighted by molar-refractivity contribution is -0.122. The van der Waals surface area contributed by atoms with Crippen LogP contribution in [0.5, 0.6) is 0 Å². The second kappa shape index (κ2) is 7.34. The van der Waals surface area contributed by atoms with Crippen molar-refractivity contribution in [2.45, 2.75) is 33.4 Å². The molecular weight excluding hydrogens is 356 g/mol. The standard InChI is InChI=1S/C21H24N4O3/c1-21(2,3)17(18(22)26)23-19(27)25-16-12-8-7-11-15(16)24(20(25)28)13-14-9-5-4-6-10-14/h4-12,17H,13H2,1-3H3,(H2,22,26)(H,23,27)/t17-/m1/s1. The minimum atomic E-state index is -0.914. The van der Waals surface area contributed by atoms with E-state index in [-0.39, 0.29) is 0 Å². The van der Waals surface area contributed by atoms with E-state index in [0.29, 0.717) is 17.6 Å². The lowest BCUT2D eigenvalue weighted by Gasteiger charge is -2.28. The van der Waals surface area contributed by atoms with Crippen LogP contribution in [-0.4, -0.2) is 27.1 Å². The topological polar surface area (TPSA) is 99.1 Å². The van der Waals surface area contributed by atoms with E-state index >= 15 is 0 Å². The zero-order chi connectivity index (χ0) is 20.5. The van der Waals surface area contributed by atoms with Crippen LogP contribution in [0.2, 0.25) is 0 Å². The van der Waals surface area contributed by atoms with Crippen molar-refractivity contribution in [2.24, 2.45) is 11.1 Å². The van der Waals surface area contributed by atoms with Crippen molar-refractivity contribution in [2.75, 3.05) is 0 Å². The molecule has 1 heterocycles. The summed E-state index contributed by atoms with van der Waals surface area (Å²) >= 11 is 0. The SMILES string of the molecule is CC(C)(C)[C@H](NC(=O)n1c(=O)n(Cc2ccccc2)c2ccccc21)C(N)=O. The molecule has 0 fully saturated rings. The molecule has 3 N–H and O–H groups in total. The van der Waals surface area contributed by atoms with Gasteiger partial charge in [-0.15, -0.1) is 0 Å². The number of imidazole rings is 1. The fraction of sp³-hybridized carbons (Fsp3) is 0.286. The van der Waals surface area contributed by atoms with E-state index in [0.717, 1.165) is 10.1 Å². The number of hydrogen-bond donors (Lipinski definition) is 2. The third-order valence-electron chi connectivity index (χ3n) is 4.64. The minimum Gasteiger partial charge on any atom is -0.368 e. The zero-order valence-corrected chi connectivity index (χ0v) is 16.2. The predicted octanol–water partition coefficient (Wildman–Crippen LogP) is 2.31. The van der Waals surface area contributed by atoms with E-state index < -0.39 is 29.1 Å². The van der Waals surface area contributed by atoms with E-state index in [4.69, 9.17) is 5.73 Å². The molecule has 0 unspecified atom stereocenters. The van der Waals surface area contributed by atoms with Gasteiger partial charge in [0, 0.05) is 0 Å². The lowest BCUT2D eigenvalue weighted by atomic mass is 9.86. The molecule has 2 aromatic carbocycles. The molecule has 1 atom stereocenters. The molecule has 0 saturated carbocycles. The second-order valence-corrected chi connectivity index (χ2v) is 7.83. The number of carbonyl (C=O) groups excluding carboxylic acids is 2. The van der Waals surface area contributed by atoms with Gasteiger partial charge in [-0.1, -0.05) is 63.2 Å². The highest BCUT2D eigenvalue weighted by Gasteiger charge is 2.32. The molecular formula is C21H24N4O3. The number of para-hydroxylation sites is 2. The molecule has 28 heavy (non-hydrogen) atoms. The number of benzene rings is 2. The first kappa shape index (κ1) is 19.4. The average molecular weight is 380 g/mol. The maximum Gasteiger partial charge on any atom is 0.337 e. The van der Waals surface area contributed by atoms with Crippen molar-refractivity contribution < 1.29 is 9.59 Å². The Bertz CT molecular complexity index is 1070. The van der Waals surface area contributed by atoms with E-state index in [9.17, 15) is 14.4 Å². The van der Waals surface area contributed by atoms with Crippen molar-refractivity contribution in [1.82, 2.24) is 14.5 Å². The molecule has 0 bridgehead atoms. The molecule has 0 spiro atoms. The number of nitrogens with one attached hydrogen (secondary N) is 1.